The highest BCUT2D eigenvalue weighted by Gasteiger charge is 2.30. The fourth-order valence-electron chi connectivity index (χ4n) is 4.33. The standard InChI is InChI=1S/C20H21ClN6/c21-16-6-7-17-15(10-16)11-22-12-18-25-26-20(27(17)18)14-4-2-13(3-5-14)19-23-8-1-9-24-19/h1,6-10,13-14,22H,2-5,11-12H2/t13-,14+. The van der Waals surface area contributed by atoms with Crippen molar-refractivity contribution in [3.63, 3.8) is 0 Å². The molecular weight excluding hydrogens is 360 g/mol. The molecule has 0 radical (unpaired) electrons. The second-order valence-electron chi connectivity index (χ2n) is 7.34. The molecule has 2 aliphatic rings. The van der Waals surface area contributed by atoms with Gasteiger partial charge in [0.05, 0.1) is 12.2 Å². The van der Waals surface area contributed by atoms with Crippen molar-refractivity contribution in [2.24, 2.45) is 0 Å². The van der Waals surface area contributed by atoms with Gasteiger partial charge in [-0.25, -0.2) is 9.97 Å². The Morgan fingerprint density at radius 2 is 1.74 bits per heavy atom. The number of nitrogens with zero attached hydrogens (tertiary/aromatic N) is 5. The Morgan fingerprint density at radius 3 is 2.56 bits per heavy atom. The summed E-state index contributed by atoms with van der Waals surface area (Å²) in [6, 6.07) is 7.94. The first-order valence-electron chi connectivity index (χ1n) is 9.50. The van der Waals surface area contributed by atoms with Crippen LogP contribution in [0.4, 0.5) is 0 Å². The summed E-state index contributed by atoms with van der Waals surface area (Å²) in [6.45, 7) is 1.50. The maximum absolute atomic E-state index is 6.21. The van der Waals surface area contributed by atoms with Gasteiger partial charge < -0.3 is 5.32 Å². The van der Waals surface area contributed by atoms with E-state index in [1.807, 2.05) is 30.6 Å². The van der Waals surface area contributed by atoms with Gasteiger partial charge >= 0.3 is 0 Å². The lowest BCUT2D eigenvalue weighted by Crippen LogP contribution is -2.18. The first-order chi connectivity index (χ1) is 13.3. The fourth-order valence-corrected chi connectivity index (χ4v) is 4.52. The lowest BCUT2D eigenvalue weighted by Gasteiger charge is -2.27. The van der Waals surface area contributed by atoms with Gasteiger partial charge in [-0.05, 0) is 55.5 Å². The highest BCUT2D eigenvalue weighted by molar-refractivity contribution is 6.30. The molecule has 3 heterocycles. The normalized spacial score (nSPS) is 22.0. The van der Waals surface area contributed by atoms with E-state index in [-0.39, 0.29) is 0 Å². The van der Waals surface area contributed by atoms with Gasteiger partial charge in [0.1, 0.15) is 11.6 Å². The van der Waals surface area contributed by atoms with E-state index >= 15 is 0 Å². The van der Waals surface area contributed by atoms with Crippen LogP contribution in [0.1, 0.15) is 60.6 Å². The molecular formula is C20H21ClN6. The molecule has 0 amide bonds. The number of aromatic nitrogens is 5. The molecule has 1 fully saturated rings. The molecule has 5 rings (SSSR count). The van der Waals surface area contributed by atoms with Gasteiger partial charge in [-0.3, -0.25) is 4.57 Å². The Bertz CT molecular complexity index is 946. The Kier molecular flexibility index (Phi) is 4.38. The Hall–Kier alpha value is -2.31. The molecule has 1 N–H and O–H groups in total. The minimum absolute atomic E-state index is 0.410. The highest BCUT2D eigenvalue weighted by Crippen LogP contribution is 2.40. The van der Waals surface area contributed by atoms with Gasteiger partial charge in [0, 0.05) is 35.8 Å². The molecule has 0 atom stereocenters. The van der Waals surface area contributed by atoms with Gasteiger partial charge in [-0.2, -0.15) is 0 Å². The van der Waals surface area contributed by atoms with Gasteiger partial charge in [0.2, 0.25) is 0 Å². The van der Waals surface area contributed by atoms with Crippen LogP contribution in [-0.2, 0) is 13.1 Å². The molecule has 0 spiro atoms. The van der Waals surface area contributed by atoms with Crippen molar-refractivity contribution in [1.82, 2.24) is 30.0 Å². The average Bonchev–Trinajstić information content (AvgIpc) is 3.04. The molecule has 27 heavy (non-hydrogen) atoms. The van der Waals surface area contributed by atoms with E-state index in [4.69, 9.17) is 11.6 Å². The molecule has 1 aromatic carbocycles. The van der Waals surface area contributed by atoms with Crippen molar-refractivity contribution < 1.29 is 0 Å². The number of halogens is 1. The summed E-state index contributed by atoms with van der Waals surface area (Å²) in [4.78, 5) is 8.89. The highest BCUT2D eigenvalue weighted by atomic mass is 35.5. The van der Waals surface area contributed by atoms with Crippen LogP contribution in [0.3, 0.4) is 0 Å². The van der Waals surface area contributed by atoms with Crippen molar-refractivity contribution in [3.05, 3.63) is 64.7 Å². The summed E-state index contributed by atoms with van der Waals surface area (Å²) in [5.74, 6) is 3.87. The lowest BCUT2D eigenvalue weighted by molar-refractivity contribution is 0.372. The summed E-state index contributed by atoms with van der Waals surface area (Å²) < 4.78 is 2.25. The number of fused-ring (bicyclic) bond motifs is 3. The van der Waals surface area contributed by atoms with Crippen LogP contribution in [-0.4, -0.2) is 24.7 Å². The third-order valence-corrected chi connectivity index (χ3v) is 5.91. The van der Waals surface area contributed by atoms with Crippen LogP contribution in [0.25, 0.3) is 5.69 Å². The van der Waals surface area contributed by atoms with E-state index < -0.39 is 0 Å². The van der Waals surface area contributed by atoms with Crippen LogP contribution < -0.4 is 5.32 Å². The van der Waals surface area contributed by atoms with E-state index in [9.17, 15) is 0 Å². The minimum atomic E-state index is 0.410. The Labute approximate surface area is 163 Å². The van der Waals surface area contributed by atoms with Gasteiger partial charge in [0.25, 0.3) is 0 Å². The second-order valence-corrected chi connectivity index (χ2v) is 7.78. The fraction of sp³-hybridized carbons (Fsp3) is 0.400. The van der Waals surface area contributed by atoms with Crippen LogP contribution in [0.15, 0.2) is 36.7 Å². The molecule has 1 saturated carbocycles. The van der Waals surface area contributed by atoms with E-state index in [1.165, 1.54) is 5.56 Å². The molecule has 6 nitrogen and oxygen atoms in total. The van der Waals surface area contributed by atoms with E-state index in [2.05, 4.69) is 36.1 Å². The molecule has 3 aromatic rings. The largest absolute Gasteiger partial charge is 0.306 e. The summed E-state index contributed by atoms with van der Waals surface area (Å²) in [6.07, 6.45) is 8.00. The van der Waals surface area contributed by atoms with Gasteiger partial charge in [0.15, 0.2) is 5.82 Å². The summed E-state index contributed by atoms with van der Waals surface area (Å²) in [5.41, 5.74) is 2.33. The maximum Gasteiger partial charge on any atom is 0.151 e. The third-order valence-electron chi connectivity index (χ3n) is 5.68. The molecule has 0 saturated heterocycles. The number of benzene rings is 1. The van der Waals surface area contributed by atoms with Gasteiger partial charge in [-0.15, -0.1) is 10.2 Å². The average molecular weight is 381 g/mol. The summed E-state index contributed by atoms with van der Waals surface area (Å²) in [5, 5.41) is 13.3. The number of nitrogens with one attached hydrogen (secondary N) is 1. The number of hydrogen-bond acceptors (Lipinski definition) is 5. The van der Waals surface area contributed by atoms with Crippen LogP contribution in [0.5, 0.6) is 0 Å². The van der Waals surface area contributed by atoms with Crippen molar-refractivity contribution in [3.8, 4) is 5.69 Å². The van der Waals surface area contributed by atoms with Crippen LogP contribution in [0, 0.1) is 0 Å². The van der Waals surface area contributed by atoms with Crippen molar-refractivity contribution in [2.75, 3.05) is 0 Å². The summed E-state index contributed by atoms with van der Waals surface area (Å²) in [7, 11) is 0. The van der Waals surface area contributed by atoms with Crippen molar-refractivity contribution >= 4 is 11.6 Å². The zero-order valence-electron chi connectivity index (χ0n) is 15.0. The Balaban J connectivity index is 1.44. The predicted octanol–water partition coefficient (Wildman–Crippen LogP) is 3.76. The van der Waals surface area contributed by atoms with E-state index in [1.54, 1.807) is 0 Å². The zero-order chi connectivity index (χ0) is 18.2. The zero-order valence-corrected chi connectivity index (χ0v) is 15.7. The SMILES string of the molecule is Clc1ccc2c(c1)CNCc1nnc([C@H]3CC[C@@H](c4ncccn4)CC3)n1-2. The molecule has 2 aromatic heterocycles. The molecule has 0 bridgehead atoms. The molecule has 1 aliphatic carbocycles. The predicted molar refractivity (Wildman–Crippen MR) is 103 cm³/mol. The molecule has 7 heteroatoms. The smallest absolute Gasteiger partial charge is 0.151 e. The second kappa shape index (κ2) is 7.02. The third kappa shape index (κ3) is 3.13. The first-order valence-corrected chi connectivity index (χ1v) is 9.88. The maximum atomic E-state index is 6.21. The van der Waals surface area contributed by atoms with Crippen LogP contribution >= 0.6 is 11.6 Å². The number of hydrogen-bond donors (Lipinski definition) is 1. The summed E-state index contributed by atoms with van der Waals surface area (Å²) >= 11 is 6.21. The Morgan fingerprint density at radius 1 is 0.963 bits per heavy atom. The molecule has 1 aliphatic heterocycles. The number of rotatable bonds is 2. The lowest BCUT2D eigenvalue weighted by atomic mass is 9.81. The van der Waals surface area contributed by atoms with Crippen molar-refractivity contribution in [1.29, 1.82) is 0 Å². The first kappa shape index (κ1) is 16.8. The van der Waals surface area contributed by atoms with E-state index in [0.717, 1.165) is 60.4 Å². The topological polar surface area (TPSA) is 68.5 Å². The minimum Gasteiger partial charge on any atom is -0.306 e. The van der Waals surface area contributed by atoms with Gasteiger partial charge in [-0.1, -0.05) is 11.6 Å². The van der Waals surface area contributed by atoms with E-state index in [0.29, 0.717) is 18.4 Å². The molecule has 138 valence electrons. The van der Waals surface area contributed by atoms with Crippen LogP contribution in [0.2, 0.25) is 5.02 Å². The molecule has 0 unspecified atom stereocenters. The quantitative estimate of drug-likeness (QED) is 0.733. The monoisotopic (exact) mass is 380 g/mol. The van der Waals surface area contributed by atoms with Crippen molar-refractivity contribution in [2.45, 2.75) is 50.6 Å².